The molecule has 0 N–H and O–H groups in total. The van der Waals surface area contributed by atoms with Gasteiger partial charge >= 0.3 is 0 Å². The molecule has 0 aliphatic carbocycles. The maximum absolute atomic E-state index is 13.7. The van der Waals surface area contributed by atoms with Gasteiger partial charge in [0, 0.05) is 31.7 Å². The normalized spacial score (nSPS) is 19.8. The number of piperazine rings is 1. The van der Waals surface area contributed by atoms with Gasteiger partial charge in [-0.25, -0.2) is 0 Å². The topological polar surface area (TPSA) is 82.6 Å². The van der Waals surface area contributed by atoms with Gasteiger partial charge in [-0.1, -0.05) is 18.2 Å². The fourth-order valence-corrected chi connectivity index (χ4v) is 4.89. The Bertz CT molecular complexity index is 1140. The van der Waals surface area contributed by atoms with Crippen molar-refractivity contribution in [2.75, 3.05) is 58.9 Å². The van der Waals surface area contributed by atoms with Gasteiger partial charge in [-0.3, -0.25) is 19.3 Å². The predicted molar refractivity (Wildman–Crippen MR) is 121 cm³/mol. The minimum atomic E-state index is -0.730. The Hall–Kier alpha value is -3.59. The summed E-state index contributed by atoms with van der Waals surface area (Å²) in [7, 11) is 5.01. The molecule has 9 heteroatoms. The molecule has 3 aliphatic heterocycles. The standard InChI is InChI=1S/C24H26N4O5/c1-25-10-12-26(13-11-25)19(29)14-27-22-16-8-9-18(32-2)21(33-3)20(16)24(31)28(22)17-7-5-4-6-15(17)23(27)30/h4-9,22H,10-14H2,1-3H3. The van der Waals surface area contributed by atoms with Crippen molar-refractivity contribution in [1.29, 1.82) is 0 Å². The molecule has 1 unspecified atom stereocenters. The molecule has 1 saturated heterocycles. The maximum Gasteiger partial charge on any atom is 0.264 e. The van der Waals surface area contributed by atoms with E-state index in [1.54, 1.807) is 46.2 Å². The van der Waals surface area contributed by atoms with Crippen LogP contribution in [0.4, 0.5) is 5.69 Å². The van der Waals surface area contributed by atoms with Crippen LogP contribution in [0.15, 0.2) is 36.4 Å². The lowest BCUT2D eigenvalue weighted by molar-refractivity contribution is -0.134. The first-order chi connectivity index (χ1) is 16.0. The highest BCUT2D eigenvalue weighted by Gasteiger charge is 2.50. The molecule has 0 radical (unpaired) electrons. The quantitative estimate of drug-likeness (QED) is 0.704. The van der Waals surface area contributed by atoms with Crippen LogP contribution in [-0.4, -0.2) is 86.4 Å². The van der Waals surface area contributed by atoms with E-state index in [-0.39, 0.29) is 24.3 Å². The molecule has 0 spiro atoms. The molecule has 0 saturated carbocycles. The van der Waals surface area contributed by atoms with Crippen molar-refractivity contribution in [2.45, 2.75) is 6.17 Å². The zero-order valence-electron chi connectivity index (χ0n) is 18.9. The predicted octanol–water partition coefficient (Wildman–Crippen LogP) is 1.59. The number of hydrogen-bond donors (Lipinski definition) is 0. The van der Waals surface area contributed by atoms with E-state index < -0.39 is 6.17 Å². The highest BCUT2D eigenvalue weighted by atomic mass is 16.5. The second kappa shape index (κ2) is 8.08. The molecule has 0 aromatic heterocycles. The van der Waals surface area contributed by atoms with E-state index in [2.05, 4.69) is 4.90 Å². The zero-order chi connectivity index (χ0) is 23.3. The number of nitrogens with zero attached hydrogens (tertiary/aromatic N) is 4. The third kappa shape index (κ3) is 3.22. The van der Waals surface area contributed by atoms with Gasteiger partial charge in [0.1, 0.15) is 12.7 Å². The van der Waals surface area contributed by atoms with Gasteiger partial charge in [0.25, 0.3) is 11.8 Å². The van der Waals surface area contributed by atoms with Gasteiger partial charge in [0.15, 0.2) is 11.5 Å². The van der Waals surface area contributed by atoms with Crippen LogP contribution in [0.1, 0.15) is 32.4 Å². The Morgan fingerprint density at radius 3 is 2.39 bits per heavy atom. The molecule has 172 valence electrons. The maximum atomic E-state index is 13.7. The molecule has 33 heavy (non-hydrogen) atoms. The van der Waals surface area contributed by atoms with Crippen LogP contribution >= 0.6 is 0 Å². The molecule has 2 aromatic carbocycles. The average molecular weight is 450 g/mol. The number of methoxy groups -OCH3 is 2. The zero-order valence-corrected chi connectivity index (χ0v) is 18.9. The molecule has 2 aromatic rings. The van der Waals surface area contributed by atoms with E-state index >= 15 is 0 Å². The number of hydrogen-bond acceptors (Lipinski definition) is 6. The number of benzene rings is 2. The lowest BCUT2D eigenvalue weighted by Gasteiger charge is -2.41. The van der Waals surface area contributed by atoms with E-state index in [1.165, 1.54) is 19.1 Å². The first-order valence-corrected chi connectivity index (χ1v) is 10.9. The molecule has 9 nitrogen and oxygen atoms in total. The van der Waals surface area contributed by atoms with Gasteiger partial charge in [-0.05, 0) is 25.2 Å². The van der Waals surface area contributed by atoms with Crippen molar-refractivity contribution in [3.05, 3.63) is 53.1 Å². The molecule has 5 rings (SSSR count). The first kappa shape index (κ1) is 21.3. The molecule has 3 heterocycles. The fraction of sp³-hybridized carbons (Fsp3) is 0.375. The summed E-state index contributed by atoms with van der Waals surface area (Å²) in [6, 6.07) is 10.5. The van der Waals surface area contributed by atoms with Crippen LogP contribution in [0.25, 0.3) is 0 Å². The van der Waals surface area contributed by atoms with Crippen molar-refractivity contribution in [3.63, 3.8) is 0 Å². The fourth-order valence-electron chi connectivity index (χ4n) is 4.89. The van der Waals surface area contributed by atoms with Crippen LogP contribution in [-0.2, 0) is 4.79 Å². The van der Waals surface area contributed by atoms with E-state index in [0.29, 0.717) is 47.0 Å². The Kier molecular flexibility index (Phi) is 5.20. The number of anilines is 1. The van der Waals surface area contributed by atoms with Crippen molar-refractivity contribution >= 4 is 23.4 Å². The van der Waals surface area contributed by atoms with Gasteiger partial charge in [0.05, 0.1) is 31.0 Å². The second-order valence-corrected chi connectivity index (χ2v) is 8.45. The SMILES string of the molecule is COc1ccc2c(c1OC)C(=O)N1c3ccccc3C(=O)N(CC(=O)N3CCN(C)CC3)C21. The van der Waals surface area contributed by atoms with Gasteiger partial charge < -0.3 is 24.2 Å². The van der Waals surface area contributed by atoms with Crippen LogP contribution < -0.4 is 14.4 Å². The highest BCUT2D eigenvalue weighted by molar-refractivity contribution is 6.18. The smallest absolute Gasteiger partial charge is 0.264 e. The molecular formula is C24H26N4O5. The average Bonchev–Trinajstić information content (AvgIpc) is 3.13. The van der Waals surface area contributed by atoms with E-state index in [4.69, 9.17) is 9.47 Å². The number of carbonyl (C=O) groups excluding carboxylic acids is 3. The largest absolute Gasteiger partial charge is 0.493 e. The number of rotatable bonds is 4. The van der Waals surface area contributed by atoms with E-state index in [1.807, 2.05) is 7.05 Å². The van der Waals surface area contributed by atoms with Crippen LogP contribution in [0.5, 0.6) is 11.5 Å². The second-order valence-electron chi connectivity index (χ2n) is 8.45. The minimum absolute atomic E-state index is 0.112. The van der Waals surface area contributed by atoms with Crippen molar-refractivity contribution < 1.29 is 23.9 Å². The monoisotopic (exact) mass is 450 g/mol. The third-order valence-corrected chi connectivity index (χ3v) is 6.64. The lowest BCUT2D eigenvalue weighted by Crippen LogP contribution is -2.54. The van der Waals surface area contributed by atoms with Gasteiger partial charge in [-0.2, -0.15) is 0 Å². The minimum Gasteiger partial charge on any atom is -0.493 e. The number of ether oxygens (including phenoxy) is 2. The summed E-state index contributed by atoms with van der Waals surface area (Å²) in [6.07, 6.45) is -0.730. The van der Waals surface area contributed by atoms with Crippen LogP contribution in [0.2, 0.25) is 0 Å². The van der Waals surface area contributed by atoms with Crippen LogP contribution in [0, 0.1) is 0 Å². The third-order valence-electron chi connectivity index (χ3n) is 6.64. The summed E-state index contributed by atoms with van der Waals surface area (Å²) in [5.74, 6) is 0.0680. The molecular weight excluding hydrogens is 424 g/mol. The van der Waals surface area contributed by atoms with Crippen molar-refractivity contribution in [1.82, 2.24) is 14.7 Å². The van der Waals surface area contributed by atoms with Crippen molar-refractivity contribution in [2.24, 2.45) is 0 Å². The lowest BCUT2D eigenvalue weighted by atomic mass is 10.0. The number of likely N-dealkylation sites (N-methyl/N-ethyl adjacent to an activating group) is 1. The molecule has 3 amide bonds. The Morgan fingerprint density at radius 1 is 0.970 bits per heavy atom. The van der Waals surface area contributed by atoms with E-state index in [0.717, 1.165) is 13.1 Å². The summed E-state index contributed by atoms with van der Waals surface area (Å²) in [6.45, 7) is 2.69. The summed E-state index contributed by atoms with van der Waals surface area (Å²) in [5.41, 5.74) is 1.89. The molecule has 1 fully saturated rings. The van der Waals surface area contributed by atoms with Gasteiger partial charge in [-0.15, -0.1) is 0 Å². The summed E-state index contributed by atoms with van der Waals surface area (Å²) in [5, 5.41) is 0. The first-order valence-electron chi connectivity index (χ1n) is 10.9. The summed E-state index contributed by atoms with van der Waals surface area (Å²) < 4.78 is 10.9. The number of carbonyl (C=O) groups is 3. The van der Waals surface area contributed by atoms with E-state index in [9.17, 15) is 14.4 Å². The number of para-hydroxylation sites is 1. The molecule has 3 aliphatic rings. The Labute approximate surface area is 192 Å². The van der Waals surface area contributed by atoms with Crippen molar-refractivity contribution in [3.8, 4) is 11.5 Å². The highest BCUT2D eigenvalue weighted by Crippen LogP contribution is 2.49. The van der Waals surface area contributed by atoms with Crippen LogP contribution in [0.3, 0.4) is 0 Å². The molecule has 0 bridgehead atoms. The number of fused-ring (bicyclic) bond motifs is 5. The summed E-state index contributed by atoms with van der Waals surface area (Å²) >= 11 is 0. The Balaban J connectivity index is 1.59. The molecule has 1 atom stereocenters. The van der Waals surface area contributed by atoms with Gasteiger partial charge in [0.2, 0.25) is 5.91 Å². The number of amides is 3. The Morgan fingerprint density at radius 2 is 1.70 bits per heavy atom. The summed E-state index contributed by atoms with van der Waals surface area (Å²) in [4.78, 5) is 47.5.